The SMILES string of the molecule is CCn1cnc2c1c(=O)n(CC(=O)NNC(=O)c1ccc(C)[nH]c1=O)c(=O)n2Cc1ccccc1. The highest BCUT2D eigenvalue weighted by Gasteiger charge is 2.20. The Morgan fingerprint density at radius 2 is 1.74 bits per heavy atom. The summed E-state index contributed by atoms with van der Waals surface area (Å²) in [6.07, 6.45) is 1.47. The number of pyridine rings is 1. The summed E-state index contributed by atoms with van der Waals surface area (Å²) in [6.45, 7) is 3.41. The summed E-state index contributed by atoms with van der Waals surface area (Å²) >= 11 is 0. The number of amides is 2. The minimum atomic E-state index is -0.840. The molecule has 4 rings (SSSR count). The van der Waals surface area contributed by atoms with Gasteiger partial charge in [-0.25, -0.2) is 14.3 Å². The number of hydrazine groups is 1. The highest BCUT2D eigenvalue weighted by atomic mass is 16.2. The first-order valence-electron chi connectivity index (χ1n) is 10.8. The number of nitrogens with zero attached hydrogens (tertiary/aromatic N) is 4. The van der Waals surface area contributed by atoms with Crippen molar-refractivity contribution in [2.24, 2.45) is 0 Å². The van der Waals surface area contributed by atoms with E-state index in [4.69, 9.17) is 0 Å². The quantitative estimate of drug-likeness (QED) is 0.329. The molecule has 2 amide bonds. The van der Waals surface area contributed by atoms with Gasteiger partial charge in [0.05, 0.1) is 12.9 Å². The number of imidazole rings is 1. The zero-order chi connectivity index (χ0) is 25.1. The fraction of sp³-hybridized carbons (Fsp3) is 0.217. The Kier molecular flexibility index (Phi) is 6.44. The van der Waals surface area contributed by atoms with Crippen molar-refractivity contribution in [1.29, 1.82) is 0 Å². The van der Waals surface area contributed by atoms with Crippen molar-refractivity contribution in [3.05, 3.63) is 96.8 Å². The molecule has 3 N–H and O–H groups in total. The standard InChI is InChI=1S/C23H23N7O5/c1-3-28-13-24-19-18(28)22(34)30(23(35)29(19)11-15-7-5-4-6-8-15)12-17(31)26-27-21(33)16-10-9-14(2)25-20(16)32/h4-10,13H,3,11-12H2,1-2H3,(H,25,32)(H,26,31)(H,27,33). The van der Waals surface area contributed by atoms with Crippen LogP contribution in [0.3, 0.4) is 0 Å². The van der Waals surface area contributed by atoms with Gasteiger partial charge in [-0.3, -0.25) is 34.6 Å². The molecule has 180 valence electrons. The van der Waals surface area contributed by atoms with Crippen LogP contribution in [0.25, 0.3) is 11.2 Å². The van der Waals surface area contributed by atoms with Gasteiger partial charge in [-0.15, -0.1) is 0 Å². The van der Waals surface area contributed by atoms with Crippen LogP contribution in [0.2, 0.25) is 0 Å². The largest absolute Gasteiger partial charge is 0.333 e. The predicted molar refractivity (Wildman–Crippen MR) is 127 cm³/mol. The molecule has 12 nitrogen and oxygen atoms in total. The van der Waals surface area contributed by atoms with E-state index in [0.717, 1.165) is 10.1 Å². The molecule has 0 aliphatic rings. The summed E-state index contributed by atoms with van der Waals surface area (Å²) in [4.78, 5) is 69.9. The Morgan fingerprint density at radius 3 is 2.43 bits per heavy atom. The number of H-pyrrole nitrogens is 1. The monoisotopic (exact) mass is 477 g/mol. The van der Waals surface area contributed by atoms with E-state index in [2.05, 4.69) is 20.8 Å². The normalized spacial score (nSPS) is 10.9. The van der Waals surface area contributed by atoms with Crippen molar-refractivity contribution in [1.82, 2.24) is 34.5 Å². The molecule has 0 saturated heterocycles. The molecular formula is C23H23N7O5. The molecule has 3 heterocycles. The summed E-state index contributed by atoms with van der Waals surface area (Å²) in [5, 5.41) is 0. The predicted octanol–water partition coefficient (Wildman–Crippen LogP) is -0.114. The average Bonchev–Trinajstić information content (AvgIpc) is 3.28. The first-order valence-corrected chi connectivity index (χ1v) is 10.8. The van der Waals surface area contributed by atoms with Crippen molar-refractivity contribution in [3.63, 3.8) is 0 Å². The Balaban J connectivity index is 1.63. The maximum absolute atomic E-state index is 13.2. The number of benzene rings is 1. The zero-order valence-electron chi connectivity index (χ0n) is 19.1. The van der Waals surface area contributed by atoms with E-state index in [0.29, 0.717) is 12.2 Å². The molecule has 0 aliphatic carbocycles. The molecule has 0 spiro atoms. The summed E-state index contributed by atoms with van der Waals surface area (Å²) in [7, 11) is 0. The topological polar surface area (TPSA) is 153 Å². The lowest BCUT2D eigenvalue weighted by Gasteiger charge is -2.13. The summed E-state index contributed by atoms with van der Waals surface area (Å²) < 4.78 is 3.72. The van der Waals surface area contributed by atoms with Crippen molar-refractivity contribution in [2.45, 2.75) is 33.5 Å². The van der Waals surface area contributed by atoms with E-state index in [-0.39, 0.29) is 23.3 Å². The van der Waals surface area contributed by atoms with Gasteiger partial charge in [0.2, 0.25) is 0 Å². The van der Waals surface area contributed by atoms with Gasteiger partial charge in [-0.05, 0) is 31.5 Å². The molecule has 0 saturated carbocycles. The average molecular weight is 477 g/mol. The second-order valence-electron chi connectivity index (χ2n) is 7.83. The van der Waals surface area contributed by atoms with Gasteiger partial charge in [0.15, 0.2) is 11.2 Å². The number of carbonyl (C=O) groups is 2. The number of hydrogen-bond acceptors (Lipinski definition) is 6. The second-order valence-corrected chi connectivity index (χ2v) is 7.83. The fourth-order valence-electron chi connectivity index (χ4n) is 3.65. The van der Waals surface area contributed by atoms with Crippen LogP contribution in [-0.2, 0) is 24.4 Å². The first kappa shape index (κ1) is 23.4. The van der Waals surface area contributed by atoms with Crippen LogP contribution in [0.15, 0.2) is 63.2 Å². The first-order chi connectivity index (χ1) is 16.8. The molecule has 0 fully saturated rings. The molecule has 35 heavy (non-hydrogen) atoms. The lowest BCUT2D eigenvalue weighted by atomic mass is 10.2. The van der Waals surface area contributed by atoms with Gasteiger partial charge in [-0.1, -0.05) is 30.3 Å². The number of aromatic amines is 1. The molecule has 0 radical (unpaired) electrons. The zero-order valence-corrected chi connectivity index (χ0v) is 19.1. The summed E-state index contributed by atoms with van der Waals surface area (Å²) in [6, 6.07) is 12.0. The molecule has 4 aromatic rings. The van der Waals surface area contributed by atoms with Gasteiger partial charge in [0.1, 0.15) is 12.1 Å². The van der Waals surface area contributed by atoms with Crippen molar-refractivity contribution < 1.29 is 9.59 Å². The van der Waals surface area contributed by atoms with Gasteiger partial charge >= 0.3 is 5.69 Å². The molecule has 0 bridgehead atoms. The smallest absolute Gasteiger partial charge is 0.326 e. The third-order valence-electron chi connectivity index (χ3n) is 5.42. The van der Waals surface area contributed by atoms with Gasteiger partial charge in [-0.2, -0.15) is 0 Å². The number of fused-ring (bicyclic) bond motifs is 1. The number of rotatable bonds is 6. The lowest BCUT2D eigenvalue weighted by Crippen LogP contribution is -2.48. The number of aromatic nitrogens is 5. The van der Waals surface area contributed by atoms with E-state index < -0.39 is 35.2 Å². The van der Waals surface area contributed by atoms with Crippen LogP contribution in [0.1, 0.15) is 28.5 Å². The lowest BCUT2D eigenvalue weighted by molar-refractivity contribution is -0.122. The summed E-state index contributed by atoms with van der Waals surface area (Å²) in [5.74, 6) is -1.66. The molecule has 12 heteroatoms. The van der Waals surface area contributed by atoms with Gasteiger partial charge < -0.3 is 9.55 Å². The Labute approximate surface area is 197 Å². The van der Waals surface area contributed by atoms with E-state index in [1.807, 2.05) is 37.3 Å². The fourth-order valence-corrected chi connectivity index (χ4v) is 3.65. The van der Waals surface area contributed by atoms with Crippen LogP contribution in [0.5, 0.6) is 0 Å². The third-order valence-corrected chi connectivity index (χ3v) is 5.42. The van der Waals surface area contributed by atoms with Crippen LogP contribution in [-0.4, -0.2) is 35.5 Å². The Bertz CT molecular complexity index is 1590. The third kappa shape index (κ3) is 4.67. The molecule has 0 unspecified atom stereocenters. The van der Waals surface area contributed by atoms with E-state index in [1.54, 1.807) is 17.6 Å². The van der Waals surface area contributed by atoms with Crippen LogP contribution < -0.4 is 27.7 Å². The minimum Gasteiger partial charge on any atom is -0.326 e. The molecule has 3 aromatic heterocycles. The molecule has 1 aromatic carbocycles. The molecule has 0 atom stereocenters. The molecular weight excluding hydrogens is 454 g/mol. The van der Waals surface area contributed by atoms with Crippen molar-refractivity contribution in [3.8, 4) is 0 Å². The van der Waals surface area contributed by atoms with E-state index >= 15 is 0 Å². The summed E-state index contributed by atoms with van der Waals surface area (Å²) in [5.41, 5.74) is 3.85. The maximum Gasteiger partial charge on any atom is 0.333 e. The van der Waals surface area contributed by atoms with Crippen LogP contribution in [0, 0.1) is 6.92 Å². The highest BCUT2D eigenvalue weighted by molar-refractivity contribution is 5.95. The van der Waals surface area contributed by atoms with Crippen molar-refractivity contribution in [2.75, 3.05) is 0 Å². The van der Waals surface area contributed by atoms with Gasteiger partial charge in [0, 0.05) is 12.2 Å². The van der Waals surface area contributed by atoms with Crippen LogP contribution >= 0.6 is 0 Å². The Hall–Kier alpha value is -4.74. The highest BCUT2D eigenvalue weighted by Crippen LogP contribution is 2.09. The van der Waals surface area contributed by atoms with E-state index in [1.165, 1.54) is 17.0 Å². The maximum atomic E-state index is 13.2. The second kappa shape index (κ2) is 9.63. The van der Waals surface area contributed by atoms with Crippen molar-refractivity contribution >= 4 is 23.0 Å². The number of carbonyl (C=O) groups excluding carboxylic acids is 2. The number of nitrogens with one attached hydrogen (secondary N) is 3. The molecule has 0 aliphatic heterocycles. The minimum absolute atomic E-state index is 0.145. The van der Waals surface area contributed by atoms with Crippen LogP contribution in [0.4, 0.5) is 0 Å². The number of aryl methyl sites for hydroxylation is 2. The Morgan fingerprint density at radius 1 is 1.00 bits per heavy atom. The van der Waals surface area contributed by atoms with Gasteiger partial charge in [0.25, 0.3) is 22.9 Å². The number of hydrogen-bond donors (Lipinski definition) is 3. The van der Waals surface area contributed by atoms with E-state index in [9.17, 15) is 24.0 Å².